The Bertz CT molecular complexity index is 749. The minimum Gasteiger partial charge on any atom is -0.367 e. The van der Waals surface area contributed by atoms with E-state index in [0.29, 0.717) is 0 Å². The van der Waals surface area contributed by atoms with Crippen LogP contribution in [0.1, 0.15) is 0 Å². The lowest BCUT2D eigenvalue weighted by atomic mass is 10.3. The van der Waals surface area contributed by atoms with E-state index in [-0.39, 0.29) is 10.7 Å². The molecule has 0 radical (unpaired) electrons. The van der Waals surface area contributed by atoms with E-state index in [1.165, 1.54) is 6.07 Å². The van der Waals surface area contributed by atoms with Crippen molar-refractivity contribution in [3.05, 3.63) is 41.2 Å². The van der Waals surface area contributed by atoms with Gasteiger partial charge >= 0.3 is 11.9 Å². The van der Waals surface area contributed by atoms with Crippen LogP contribution in [0.5, 0.6) is 0 Å². The van der Waals surface area contributed by atoms with E-state index >= 15 is 0 Å². The van der Waals surface area contributed by atoms with Gasteiger partial charge in [0, 0.05) is 12.2 Å². The zero-order valence-electron chi connectivity index (χ0n) is 11.3. The van der Waals surface area contributed by atoms with Gasteiger partial charge < -0.3 is 21.1 Å². The summed E-state index contributed by atoms with van der Waals surface area (Å²) in [6.07, 6.45) is 1.53. The van der Waals surface area contributed by atoms with Gasteiger partial charge in [0.25, 0.3) is 5.96 Å². The first kappa shape index (κ1) is 16.2. The number of benzene rings is 1. The van der Waals surface area contributed by atoms with Crippen molar-refractivity contribution in [2.45, 2.75) is 0 Å². The van der Waals surface area contributed by atoms with Crippen LogP contribution in [-0.2, 0) is 19.3 Å². The van der Waals surface area contributed by atoms with Crippen LogP contribution >= 0.6 is 11.6 Å². The molecule has 0 bridgehead atoms. The van der Waals surface area contributed by atoms with Gasteiger partial charge in [0.05, 0.1) is 10.7 Å². The number of halogens is 2. The molecule has 0 saturated carbocycles. The monoisotopic (exact) mass is 341 g/mol. The molecule has 0 amide bonds. The molecule has 0 aliphatic carbocycles. The second-order valence-corrected chi connectivity index (χ2v) is 4.37. The Kier molecular flexibility index (Phi) is 4.76. The molecule has 0 fully saturated rings. The van der Waals surface area contributed by atoms with Crippen molar-refractivity contribution in [2.24, 2.45) is 21.6 Å². The molecule has 120 valence electrons. The third-order valence-electron chi connectivity index (χ3n) is 2.34. The molecular weight excluding hydrogens is 333 g/mol. The van der Waals surface area contributed by atoms with Gasteiger partial charge in [-0.15, -0.1) is 5.06 Å². The summed E-state index contributed by atoms with van der Waals surface area (Å²) in [5.74, 6) is -3.60. The Hall–Kier alpha value is -3.14. The second kappa shape index (κ2) is 6.75. The second-order valence-electron chi connectivity index (χ2n) is 3.97. The van der Waals surface area contributed by atoms with Crippen molar-refractivity contribution in [1.82, 2.24) is 0 Å². The molecule has 0 unspecified atom stereocenters. The first-order valence-corrected chi connectivity index (χ1v) is 6.28. The number of anilines is 1. The fourth-order valence-corrected chi connectivity index (χ4v) is 1.58. The quantitative estimate of drug-likeness (QED) is 0.706. The first-order chi connectivity index (χ1) is 10.9. The van der Waals surface area contributed by atoms with Gasteiger partial charge in [-0.3, -0.25) is 0 Å². The topological polar surface area (TPSA) is 133 Å². The lowest BCUT2D eigenvalue weighted by Gasteiger charge is -2.21. The van der Waals surface area contributed by atoms with Crippen molar-refractivity contribution in [1.29, 1.82) is 0 Å². The number of aliphatic imine (C=N–C) groups is 1. The molecule has 0 atom stereocenters. The first-order valence-electron chi connectivity index (χ1n) is 5.90. The third-order valence-corrected chi connectivity index (χ3v) is 2.63. The molecule has 9 nitrogen and oxygen atoms in total. The molecule has 1 aromatic carbocycles. The molecule has 1 aromatic rings. The van der Waals surface area contributed by atoms with Crippen LogP contribution in [0, 0.1) is 5.82 Å². The van der Waals surface area contributed by atoms with Crippen molar-refractivity contribution in [2.75, 3.05) is 5.06 Å². The van der Waals surface area contributed by atoms with Crippen molar-refractivity contribution >= 4 is 41.1 Å². The van der Waals surface area contributed by atoms with Crippen LogP contribution < -0.4 is 16.5 Å². The van der Waals surface area contributed by atoms with Crippen LogP contribution in [0.25, 0.3) is 0 Å². The molecule has 1 heterocycles. The predicted molar refractivity (Wildman–Crippen MR) is 78.5 cm³/mol. The number of nitrogens with zero attached hydrogens (tertiary/aromatic N) is 3. The maximum Gasteiger partial charge on any atom is 0.359 e. The highest BCUT2D eigenvalue weighted by atomic mass is 35.5. The molecule has 11 heteroatoms. The lowest BCUT2D eigenvalue weighted by molar-refractivity contribution is -0.140. The van der Waals surface area contributed by atoms with Gasteiger partial charge in [0.1, 0.15) is 5.82 Å². The van der Waals surface area contributed by atoms with E-state index in [1.54, 1.807) is 0 Å². The number of carbonyl (C=O) groups excluding carboxylic acids is 2. The molecule has 0 spiro atoms. The van der Waals surface area contributed by atoms with E-state index in [4.69, 9.17) is 27.9 Å². The van der Waals surface area contributed by atoms with E-state index in [0.717, 1.165) is 29.3 Å². The predicted octanol–water partition coefficient (Wildman–Crippen LogP) is 0.401. The number of oxime groups is 1. The van der Waals surface area contributed by atoms with Crippen molar-refractivity contribution in [3.63, 3.8) is 0 Å². The van der Waals surface area contributed by atoms with Crippen LogP contribution in [0.15, 0.2) is 40.5 Å². The summed E-state index contributed by atoms with van der Waals surface area (Å²) in [4.78, 5) is 35.7. The number of hydroxylamine groups is 1. The third kappa shape index (κ3) is 4.17. The minimum atomic E-state index is -0.985. The van der Waals surface area contributed by atoms with Gasteiger partial charge in [0.15, 0.2) is 0 Å². The highest BCUT2D eigenvalue weighted by molar-refractivity contribution is 6.31. The largest absolute Gasteiger partial charge is 0.367 e. The summed E-state index contributed by atoms with van der Waals surface area (Å²) in [7, 11) is 0. The van der Waals surface area contributed by atoms with Gasteiger partial charge in [0.2, 0.25) is 5.96 Å². The number of nitrogens with two attached hydrogens (primary N) is 2. The molecule has 23 heavy (non-hydrogen) atoms. The number of rotatable bonds is 1. The summed E-state index contributed by atoms with van der Waals surface area (Å²) in [6.45, 7) is 0. The highest BCUT2D eigenvalue weighted by Gasteiger charge is 2.19. The summed E-state index contributed by atoms with van der Waals surface area (Å²) >= 11 is 5.67. The maximum atomic E-state index is 13.2. The van der Waals surface area contributed by atoms with Gasteiger partial charge in [-0.05, 0) is 23.4 Å². The van der Waals surface area contributed by atoms with Crippen LogP contribution in [0.2, 0.25) is 5.02 Å². The zero-order chi connectivity index (χ0) is 17.0. The number of guanidine groups is 2. The number of hydrogen-bond acceptors (Lipinski definition) is 9. The van der Waals surface area contributed by atoms with E-state index in [1.807, 2.05) is 0 Å². The fraction of sp³-hybridized carbons (Fsp3) is 0. The normalized spacial score (nSPS) is 21.9. The number of hydrogen-bond donors (Lipinski definition) is 2. The van der Waals surface area contributed by atoms with E-state index in [9.17, 15) is 14.0 Å². The lowest BCUT2D eigenvalue weighted by Crippen LogP contribution is -2.40. The van der Waals surface area contributed by atoms with Crippen molar-refractivity contribution < 1.29 is 23.7 Å². The van der Waals surface area contributed by atoms with E-state index in [2.05, 4.69) is 15.0 Å². The summed E-state index contributed by atoms with van der Waals surface area (Å²) in [5, 5.41) is 3.68. The Labute approximate surface area is 133 Å². The SMILES string of the molecule is NC1=N\OC(=O)/C=C/C(=O)ON(c2ccc(F)c(Cl)c2)\C(N)=N\1. The summed E-state index contributed by atoms with van der Waals surface area (Å²) in [5.41, 5.74) is 11.1. The Morgan fingerprint density at radius 2 is 1.87 bits per heavy atom. The highest BCUT2D eigenvalue weighted by Crippen LogP contribution is 2.23. The Morgan fingerprint density at radius 1 is 1.17 bits per heavy atom. The summed E-state index contributed by atoms with van der Waals surface area (Å²) < 4.78 is 13.2. The summed E-state index contributed by atoms with van der Waals surface area (Å²) in [6, 6.07) is 3.41. The van der Waals surface area contributed by atoms with Crippen LogP contribution in [-0.4, -0.2) is 23.9 Å². The van der Waals surface area contributed by atoms with Crippen LogP contribution in [0.4, 0.5) is 10.1 Å². The molecule has 4 N–H and O–H groups in total. The molecule has 2 rings (SSSR count). The average molecular weight is 342 g/mol. The minimum absolute atomic E-state index is 0.0821. The fourth-order valence-electron chi connectivity index (χ4n) is 1.40. The Balaban J connectivity index is 2.46. The molecule has 1 aliphatic heterocycles. The van der Waals surface area contributed by atoms with Gasteiger partial charge in [-0.1, -0.05) is 11.6 Å². The molecule has 0 saturated heterocycles. The smallest absolute Gasteiger partial charge is 0.359 e. The number of carbonyl (C=O) groups is 2. The van der Waals surface area contributed by atoms with E-state index < -0.39 is 29.7 Å². The van der Waals surface area contributed by atoms with Gasteiger partial charge in [-0.2, -0.15) is 4.99 Å². The molecule has 1 aliphatic rings. The molecular formula is C12H9ClFN5O4. The zero-order valence-corrected chi connectivity index (χ0v) is 12.0. The average Bonchev–Trinajstić information content (AvgIpc) is 2.52. The standard InChI is InChI=1S/C12H9ClFN5O4/c13-7-5-6(1-2-8(7)14)19-12(16)17-11(15)18-22-9(20)3-4-10(21)23-19/h1-5H,(H4,15,16,17,18)/b4-3+. The maximum absolute atomic E-state index is 13.2. The van der Waals surface area contributed by atoms with Crippen molar-refractivity contribution in [3.8, 4) is 0 Å². The molecule has 0 aromatic heterocycles. The Morgan fingerprint density at radius 3 is 2.57 bits per heavy atom. The van der Waals surface area contributed by atoms with Crippen LogP contribution in [0.3, 0.4) is 0 Å². The van der Waals surface area contributed by atoms with Gasteiger partial charge in [-0.25, -0.2) is 14.0 Å².